The monoisotopic (exact) mass is 894 g/mol. The Morgan fingerprint density at radius 1 is 1.03 bits per heavy atom. The zero-order valence-corrected chi connectivity index (χ0v) is 34.4. The third-order valence-corrected chi connectivity index (χ3v) is 12.3. The van der Waals surface area contributed by atoms with Crippen molar-refractivity contribution in [3.05, 3.63) is 103 Å². The molecule has 5 atom stereocenters. The topological polar surface area (TPSA) is 294 Å². The fraction of sp³-hybridized carbons (Fsp3) is 0.325. The van der Waals surface area contributed by atoms with Crippen LogP contribution in [0.5, 0.6) is 5.75 Å². The van der Waals surface area contributed by atoms with Crippen LogP contribution < -0.4 is 22.0 Å². The van der Waals surface area contributed by atoms with Crippen molar-refractivity contribution in [2.24, 2.45) is 0 Å². The molecule has 7 rings (SSSR count). The molecule has 0 saturated carbocycles. The van der Waals surface area contributed by atoms with Gasteiger partial charge in [0.05, 0.1) is 30.1 Å². The van der Waals surface area contributed by atoms with Crippen LogP contribution in [0.4, 0.5) is 5.69 Å². The Morgan fingerprint density at radius 2 is 1.81 bits per heavy atom. The van der Waals surface area contributed by atoms with Crippen LogP contribution in [-0.4, -0.2) is 101 Å². The molecule has 1 aliphatic carbocycles. The number of ether oxygens (including phenoxy) is 1. The number of nitrogens with one attached hydrogen (secondary N) is 2. The number of imide groups is 1. The quantitative estimate of drug-likeness (QED) is 0.0359. The summed E-state index contributed by atoms with van der Waals surface area (Å²) in [6.45, 7) is 0.517. The minimum absolute atomic E-state index is 0.0286. The Hall–Kier alpha value is -5.93. The molecule has 62 heavy (non-hydrogen) atoms. The van der Waals surface area contributed by atoms with Crippen molar-refractivity contribution in [1.82, 2.24) is 14.5 Å². The first-order chi connectivity index (χ1) is 29.5. The lowest BCUT2D eigenvalue weighted by Gasteiger charge is -2.18. The second-order valence-corrected chi connectivity index (χ2v) is 17.3. The van der Waals surface area contributed by atoms with Gasteiger partial charge in [0.15, 0.2) is 5.43 Å². The molecular weight excluding hydrogens is 855 g/mol. The lowest BCUT2D eigenvalue weighted by atomic mass is 9.90. The van der Waals surface area contributed by atoms with Gasteiger partial charge in [-0.3, -0.25) is 47.5 Å². The van der Waals surface area contributed by atoms with Crippen LogP contribution in [0.25, 0.3) is 33.4 Å². The summed E-state index contributed by atoms with van der Waals surface area (Å²) < 4.78 is 35.1. The number of aliphatic hydroxyl groups is 1. The number of likely N-dealkylation sites (tertiary alicyclic amines) is 1. The fourth-order valence-electron chi connectivity index (χ4n) is 7.19. The van der Waals surface area contributed by atoms with Crippen molar-refractivity contribution in [1.29, 1.82) is 0 Å². The van der Waals surface area contributed by atoms with Gasteiger partial charge in [0.2, 0.25) is 17.7 Å². The van der Waals surface area contributed by atoms with Gasteiger partial charge < -0.3 is 34.7 Å². The number of hydrogen-bond donors (Lipinski definition) is 6. The van der Waals surface area contributed by atoms with E-state index in [1.165, 1.54) is 61.7 Å². The van der Waals surface area contributed by atoms with Crippen molar-refractivity contribution in [2.45, 2.75) is 56.3 Å². The summed E-state index contributed by atoms with van der Waals surface area (Å²) in [4.78, 5) is 101. The van der Waals surface area contributed by atoms with Crippen LogP contribution in [0.1, 0.15) is 47.8 Å². The normalized spacial score (nSPS) is 20.0. The molecule has 20 nitrogen and oxygen atoms in total. The van der Waals surface area contributed by atoms with E-state index in [-0.39, 0.29) is 89.5 Å². The number of anilines is 1. The number of amides is 3. The Morgan fingerprint density at radius 3 is 2.58 bits per heavy atom. The number of carboxylic acid groups (broad SMARTS) is 1. The van der Waals surface area contributed by atoms with E-state index in [0.717, 1.165) is 21.2 Å². The number of aromatic amines is 1. The Bertz CT molecular complexity index is 2790. The number of H-pyrrole nitrogens is 1. The lowest BCUT2D eigenvalue weighted by Crippen LogP contribution is -2.33. The van der Waals surface area contributed by atoms with Gasteiger partial charge in [-0.15, -0.1) is 11.8 Å². The van der Waals surface area contributed by atoms with Crippen LogP contribution >= 0.6 is 19.6 Å². The molecule has 3 aliphatic heterocycles. The van der Waals surface area contributed by atoms with E-state index in [4.69, 9.17) is 18.2 Å². The highest BCUT2D eigenvalue weighted by Crippen LogP contribution is 2.45. The van der Waals surface area contributed by atoms with Crippen LogP contribution in [0.15, 0.2) is 79.6 Å². The summed E-state index contributed by atoms with van der Waals surface area (Å²) >= 11 is 1.03. The van der Waals surface area contributed by atoms with Gasteiger partial charge >= 0.3 is 19.5 Å². The average molecular weight is 895 g/mol. The highest BCUT2D eigenvalue weighted by molar-refractivity contribution is 8.00. The number of aromatic nitrogens is 2. The second kappa shape index (κ2) is 18.2. The summed E-state index contributed by atoms with van der Waals surface area (Å²) in [5.74, 6) is -2.66. The number of rotatable bonds is 16. The van der Waals surface area contributed by atoms with E-state index < -0.39 is 73.1 Å². The lowest BCUT2D eigenvalue weighted by molar-refractivity contribution is -0.138. The number of nitrogens with zero attached hydrogens (tertiary/aromatic N) is 2. The Labute approximate surface area is 354 Å². The summed E-state index contributed by atoms with van der Waals surface area (Å²) in [6.07, 6.45) is -2.16. The van der Waals surface area contributed by atoms with E-state index in [2.05, 4.69) is 10.3 Å². The predicted octanol–water partition coefficient (Wildman–Crippen LogP) is 3.19. The molecule has 6 N–H and O–H groups in total. The highest BCUT2D eigenvalue weighted by Gasteiger charge is 2.40. The number of phosphoric acid groups is 1. The number of carbonyl (C=O) groups excluding carboxylic acids is 3. The number of aryl methyl sites for hydroxylation is 1. The molecule has 1 aromatic heterocycles. The van der Waals surface area contributed by atoms with Crippen molar-refractivity contribution in [3.8, 4) is 28.2 Å². The molecule has 0 bridgehead atoms. The van der Waals surface area contributed by atoms with E-state index >= 15 is 0 Å². The number of carbonyl (C=O) groups is 4. The number of aromatic hydroxyl groups is 1. The van der Waals surface area contributed by atoms with Gasteiger partial charge in [0.25, 0.3) is 5.56 Å². The molecule has 3 aromatic rings. The number of phenolic OH excluding ortho intramolecular Hbond substituents is 1. The van der Waals surface area contributed by atoms with Gasteiger partial charge in [-0.05, 0) is 55.3 Å². The number of aromatic carboxylic acids is 1. The molecule has 22 heteroatoms. The number of hydrogen-bond acceptors (Lipinski definition) is 15. The Balaban J connectivity index is 0.875. The smallest absolute Gasteiger partial charge is 0.472 e. The van der Waals surface area contributed by atoms with Gasteiger partial charge in [-0.2, -0.15) is 0 Å². The zero-order valence-electron chi connectivity index (χ0n) is 32.7. The summed E-state index contributed by atoms with van der Waals surface area (Å²) in [5, 5.41) is 33.0. The van der Waals surface area contributed by atoms with Crippen molar-refractivity contribution in [3.63, 3.8) is 0 Å². The molecule has 2 saturated heterocycles. The minimum Gasteiger partial charge on any atom is -0.508 e. The maximum absolute atomic E-state index is 13.0. The maximum atomic E-state index is 13.0. The molecule has 0 radical (unpaired) electrons. The molecule has 3 amide bonds. The molecule has 4 heterocycles. The largest absolute Gasteiger partial charge is 0.508 e. The minimum atomic E-state index is -4.65. The van der Waals surface area contributed by atoms with E-state index in [1.807, 2.05) is 0 Å². The standard InChI is InChI=1S/C40H39N4O16PS/c1-20-18-44(40(54)42-37(20)50)35-16-28(47)31(60-35)19-58-61(55,56)57-11-12-62-32-17-34(49)43(38(32)51)10-2-3-33(48)41-21-4-7-24(27(13-21)39(52)53)36-25-8-5-22(45)14-29(25)59-30-15-23(46)6-9-26(30)36/h4-9,13-15,18,28,31-32,35,45,47H,2-3,10-12,16-17,19H2,1H3,(H,41,48)(H,52,53)(H,55,56)(H,42,50,54)/t28-,31-,32?,35-/m1/s1. The Kier molecular flexibility index (Phi) is 13.0. The summed E-state index contributed by atoms with van der Waals surface area (Å²) in [7, 11) is -4.65. The number of fused-ring (bicyclic) bond motifs is 2. The van der Waals surface area contributed by atoms with Gasteiger partial charge in [-0.1, -0.05) is 6.07 Å². The van der Waals surface area contributed by atoms with Crippen molar-refractivity contribution in [2.75, 3.05) is 30.8 Å². The molecular formula is C40H39N4O16PS. The molecule has 0 spiro atoms. The fourth-order valence-corrected chi connectivity index (χ4v) is 9.04. The molecule has 2 fully saturated rings. The number of phenols is 1. The van der Waals surface area contributed by atoms with Gasteiger partial charge in [0, 0.05) is 77.7 Å². The van der Waals surface area contributed by atoms with E-state index in [0.29, 0.717) is 16.5 Å². The molecule has 2 aromatic carbocycles. The average Bonchev–Trinajstić information content (AvgIpc) is 3.72. The predicted molar refractivity (Wildman–Crippen MR) is 221 cm³/mol. The highest BCUT2D eigenvalue weighted by atomic mass is 32.2. The van der Waals surface area contributed by atoms with Crippen LogP contribution in [-0.2, 0) is 32.7 Å². The molecule has 4 aliphatic rings. The number of thioether (sulfide) groups is 1. The van der Waals surface area contributed by atoms with Gasteiger partial charge in [0.1, 0.15) is 29.4 Å². The number of benzene rings is 3. The van der Waals surface area contributed by atoms with Crippen LogP contribution in [0.3, 0.4) is 0 Å². The maximum Gasteiger partial charge on any atom is 0.472 e. The van der Waals surface area contributed by atoms with Crippen LogP contribution in [0.2, 0.25) is 0 Å². The third kappa shape index (κ3) is 9.74. The number of phosphoric ester groups is 1. The first-order valence-corrected chi connectivity index (χ1v) is 21.6. The van der Waals surface area contributed by atoms with Crippen LogP contribution in [0, 0.1) is 6.92 Å². The molecule has 2 unspecified atom stereocenters. The zero-order chi connectivity index (χ0) is 44.5. The summed E-state index contributed by atoms with van der Waals surface area (Å²) in [6, 6.07) is 12.7. The van der Waals surface area contributed by atoms with E-state index in [9.17, 15) is 58.3 Å². The molecule has 326 valence electrons. The SMILES string of the molecule is Cc1cn([C@H]2C[C@@H](O)[C@@H](COP(=O)(O)OCCSC3CC(=O)N(CCCC(=O)Nc4ccc(-c5c6ccc(=O)cc-6oc6cc(O)ccc56)c(C(=O)O)c4)C3=O)O2)c(=O)[nH]c1=O. The van der Waals surface area contributed by atoms with Crippen molar-refractivity contribution >= 4 is 59.9 Å². The van der Waals surface area contributed by atoms with E-state index in [1.54, 1.807) is 6.07 Å². The second-order valence-electron chi connectivity index (χ2n) is 14.5. The number of aliphatic hydroxyl groups excluding tert-OH is 1. The first-order valence-electron chi connectivity index (χ1n) is 19.1. The van der Waals surface area contributed by atoms with Crippen molar-refractivity contribution < 1.29 is 62.2 Å². The van der Waals surface area contributed by atoms with Gasteiger partial charge in [-0.25, -0.2) is 14.2 Å². The summed E-state index contributed by atoms with van der Waals surface area (Å²) in [5.41, 5.74) is -0.0467. The first kappa shape index (κ1) is 44.1. The number of carboxylic acids is 1. The third-order valence-electron chi connectivity index (χ3n) is 10.2.